The van der Waals surface area contributed by atoms with E-state index in [2.05, 4.69) is 10.1 Å². The van der Waals surface area contributed by atoms with E-state index in [4.69, 9.17) is 0 Å². The average molecular weight is 242 g/mol. The molecule has 1 saturated carbocycles. The summed E-state index contributed by atoms with van der Waals surface area (Å²) in [6, 6.07) is 0. The molecule has 0 heterocycles. The van der Waals surface area contributed by atoms with Crippen molar-refractivity contribution in [1.82, 2.24) is 0 Å². The monoisotopic (exact) mass is 242 g/mol. The fourth-order valence-corrected chi connectivity index (χ4v) is 1.26. The first-order valence-corrected chi connectivity index (χ1v) is 5.96. The van der Waals surface area contributed by atoms with Gasteiger partial charge in [-0.15, -0.1) is 0 Å². The number of halogens is 3. The second-order valence-electron chi connectivity index (χ2n) is 3.28. The molecule has 1 unspecified atom stereocenters. The van der Waals surface area contributed by atoms with Crippen LogP contribution in [0.2, 0.25) is 0 Å². The number of hydrogen-bond donors (Lipinski definition) is 0. The maximum absolute atomic E-state index is 12.2. The summed E-state index contributed by atoms with van der Waals surface area (Å²) in [5, 5.41) is 0. The predicted octanol–water partition coefficient (Wildman–Crippen LogP) is 1.31. The molecule has 0 N–H and O–H groups in total. The average Bonchev–Trinajstić information content (AvgIpc) is 2.76. The zero-order valence-corrected chi connectivity index (χ0v) is 8.65. The molecule has 1 fully saturated rings. The number of alkyl halides is 3. The molecule has 1 aliphatic carbocycles. The van der Waals surface area contributed by atoms with E-state index in [-0.39, 0.29) is 5.92 Å². The Morgan fingerprint density at radius 2 is 1.93 bits per heavy atom. The Balaban J connectivity index is 2.75. The van der Waals surface area contributed by atoms with Crippen molar-refractivity contribution in [1.29, 1.82) is 0 Å². The number of rotatable bonds is 2. The molecule has 7 heteroatoms. The van der Waals surface area contributed by atoms with Gasteiger partial charge < -0.3 is 0 Å². The third kappa shape index (κ3) is 5.04. The Bertz CT molecular complexity index is 384. The van der Waals surface area contributed by atoms with Crippen LogP contribution in [0.3, 0.4) is 0 Å². The topological polar surface area (TPSA) is 43.4 Å². The molecular formula is C8H9F3O3S. The lowest BCUT2D eigenvalue weighted by Crippen LogP contribution is -2.32. The van der Waals surface area contributed by atoms with Gasteiger partial charge in [-0.1, -0.05) is 11.8 Å². The zero-order chi connectivity index (χ0) is 11.7. The first-order chi connectivity index (χ1) is 6.68. The van der Waals surface area contributed by atoms with Crippen LogP contribution in [0.5, 0.6) is 0 Å². The molecular weight excluding hydrogens is 233 g/mol. The van der Waals surface area contributed by atoms with Crippen molar-refractivity contribution in [2.24, 2.45) is 5.92 Å². The third-order valence-electron chi connectivity index (χ3n) is 1.56. The van der Waals surface area contributed by atoms with Crippen molar-refractivity contribution in [3.8, 4) is 11.8 Å². The molecule has 0 aromatic carbocycles. The fourth-order valence-electron chi connectivity index (χ4n) is 0.756. The molecule has 86 valence electrons. The highest BCUT2D eigenvalue weighted by molar-refractivity contribution is 7.86. The standard InChI is InChI=1S/C8H9F3O3S/c1-15(12,13)14-7(8(9,10)11)5-4-6-2-3-6/h6-7H,2-3H2,1H3. The Morgan fingerprint density at radius 1 is 1.40 bits per heavy atom. The highest BCUT2D eigenvalue weighted by atomic mass is 32.2. The molecule has 0 bridgehead atoms. The molecule has 0 amide bonds. The summed E-state index contributed by atoms with van der Waals surface area (Å²) in [6.45, 7) is 0. The van der Waals surface area contributed by atoms with Gasteiger partial charge in [-0.2, -0.15) is 21.6 Å². The van der Waals surface area contributed by atoms with E-state index in [1.54, 1.807) is 5.92 Å². The summed E-state index contributed by atoms with van der Waals surface area (Å²) in [4.78, 5) is 0. The molecule has 1 aliphatic rings. The van der Waals surface area contributed by atoms with Crippen molar-refractivity contribution in [2.45, 2.75) is 25.1 Å². The molecule has 3 nitrogen and oxygen atoms in total. The lowest BCUT2D eigenvalue weighted by Gasteiger charge is -2.13. The Labute approximate surface area is 85.7 Å². The molecule has 15 heavy (non-hydrogen) atoms. The van der Waals surface area contributed by atoms with Gasteiger partial charge in [-0.05, 0) is 12.8 Å². The van der Waals surface area contributed by atoms with E-state index in [0.717, 1.165) is 12.8 Å². The second kappa shape index (κ2) is 4.02. The summed E-state index contributed by atoms with van der Waals surface area (Å²) >= 11 is 0. The van der Waals surface area contributed by atoms with Gasteiger partial charge in [0.25, 0.3) is 10.1 Å². The van der Waals surface area contributed by atoms with Gasteiger partial charge in [0.05, 0.1) is 6.26 Å². The van der Waals surface area contributed by atoms with Gasteiger partial charge >= 0.3 is 6.18 Å². The van der Waals surface area contributed by atoms with Crippen molar-refractivity contribution in [2.75, 3.05) is 6.26 Å². The molecule has 0 aromatic heterocycles. The lowest BCUT2D eigenvalue weighted by atomic mass is 10.3. The van der Waals surface area contributed by atoms with Gasteiger partial charge in [-0.3, -0.25) is 0 Å². The Morgan fingerprint density at radius 3 is 2.27 bits per heavy atom. The SMILES string of the molecule is CS(=O)(=O)OC(C#CC1CC1)C(F)(F)F. The third-order valence-corrected chi connectivity index (χ3v) is 2.11. The van der Waals surface area contributed by atoms with Crippen molar-refractivity contribution >= 4 is 10.1 Å². The van der Waals surface area contributed by atoms with Crippen LogP contribution < -0.4 is 0 Å². The quantitative estimate of drug-likeness (QED) is 0.541. The van der Waals surface area contributed by atoms with Crippen LogP contribution in [0, 0.1) is 17.8 Å². The maximum Gasteiger partial charge on any atom is 0.427 e. The first kappa shape index (κ1) is 12.3. The number of hydrogen-bond acceptors (Lipinski definition) is 3. The van der Waals surface area contributed by atoms with Crippen molar-refractivity contribution in [3.63, 3.8) is 0 Å². The minimum absolute atomic E-state index is 0.0435. The second-order valence-corrected chi connectivity index (χ2v) is 4.89. The van der Waals surface area contributed by atoms with Crippen molar-refractivity contribution < 1.29 is 25.8 Å². The molecule has 1 atom stereocenters. The van der Waals surface area contributed by atoms with E-state index < -0.39 is 22.4 Å². The van der Waals surface area contributed by atoms with E-state index in [1.807, 2.05) is 0 Å². The first-order valence-electron chi connectivity index (χ1n) is 4.14. The van der Waals surface area contributed by atoms with Crippen LogP contribution in [-0.4, -0.2) is 27.0 Å². The Hall–Kier alpha value is -0.740. The highest BCUT2D eigenvalue weighted by Gasteiger charge is 2.42. The minimum Gasteiger partial charge on any atom is -0.244 e. The highest BCUT2D eigenvalue weighted by Crippen LogP contribution is 2.29. The van der Waals surface area contributed by atoms with Crippen LogP contribution >= 0.6 is 0 Å². The summed E-state index contributed by atoms with van der Waals surface area (Å²) < 4.78 is 61.7. The van der Waals surface area contributed by atoms with Gasteiger partial charge in [-0.25, -0.2) is 4.18 Å². The minimum atomic E-state index is -4.79. The van der Waals surface area contributed by atoms with Gasteiger partial charge in [0, 0.05) is 5.92 Å². The van der Waals surface area contributed by atoms with Crippen LogP contribution in [0.1, 0.15) is 12.8 Å². The normalized spacial score (nSPS) is 19.2. The van der Waals surface area contributed by atoms with E-state index >= 15 is 0 Å². The maximum atomic E-state index is 12.2. The molecule has 0 radical (unpaired) electrons. The van der Waals surface area contributed by atoms with Gasteiger partial charge in [0.2, 0.25) is 6.10 Å². The summed E-state index contributed by atoms with van der Waals surface area (Å²) in [5.74, 6) is 4.08. The van der Waals surface area contributed by atoms with E-state index in [9.17, 15) is 21.6 Å². The molecule has 0 aromatic rings. The lowest BCUT2D eigenvalue weighted by molar-refractivity contribution is -0.175. The van der Waals surface area contributed by atoms with Crippen LogP contribution in [0.15, 0.2) is 0 Å². The summed E-state index contributed by atoms with van der Waals surface area (Å²) in [7, 11) is -4.16. The summed E-state index contributed by atoms with van der Waals surface area (Å²) in [5.41, 5.74) is 0. The van der Waals surface area contributed by atoms with E-state index in [1.165, 1.54) is 0 Å². The van der Waals surface area contributed by atoms with Crippen LogP contribution in [0.25, 0.3) is 0 Å². The van der Waals surface area contributed by atoms with Gasteiger partial charge in [0.15, 0.2) is 0 Å². The van der Waals surface area contributed by atoms with Crippen LogP contribution in [-0.2, 0) is 14.3 Å². The molecule has 0 aliphatic heterocycles. The van der Waals surface area contributed by atoms with E-state index in [0.29, 0.717) is 6.26 Å². The van der Waals surface area contributed by atoms with Crippen LogP contribution in [0.4, 0.5) is 13.2 Å². The predicted molar refractivity (Wildman–Crippen MR) is 46.3 cm³/mol. The molecule has 0 spiro atoms. The van der Waals surface area contributed by atoms with Gasteiger partial charge in [0.1, 0.15) is 0 Å². The summed E-state index contributed by atoms with van der Waals surface area (Å²) in [6.07, 6.45) is -5.25. The smallest absolute Gasteiger partial charge is 0.244 e. The largest absolute Gasteiger partial charge is 0.427 e. The Kier molecular flexibility index (Phi) is 3.31. The fraction of sp³-hybridized carbons (Fsp3) is 0.750. The molecule has 0 saturated heterocycles. The van der Waals surface area contributed by atoms with Crippen molar-refractivity contribution in [3.05, 3.63) is 0 Å². The zero-order valence-electron chi connectivity index (χ0n) is 7.84. The molecule has 1 rings (SSSR count).